The molecule has 1 aliphatic heterocycles. The summed E-state index contributed by atoms with van der Waals surface area (Å²) in [7, 11) is 0. The lowest BCUT2D eigenvalue weighted by Crippen LogP contribution is -2.53. The second-order valence-corrected chi connectivity index (χ2v) is 5.90. The van der Waals surface area contributed by atoms with Crippen LogP contribution in [0.1, 0.15) is 5.56 Å². The van der Waals surface area contributed by atoms with Gasteiger partial charge in [0.05, 0.1) is 6.61 Å². The van der Waals surface area contributed by atoms with Crippen molar-refractivity contribution in [1.82, 2.24) is 15.8 Å². The number of carbonyl (C=O) groups excluding carboxylic acids is 2. The van der Waals surface area contributed by atoms with Crippen molar-refractivity contribution in [2.75, 3.05) is 19.7 Å². The number of benzene rings is 2. The van der Waals surface area contributed by atoms with Gasteiger partial charge < -0.3 is 9.47 Å². The zero-order valence-corrected chi connectivity index (χ0v) is 14.3. The Bertz CT molecular complexity index is 724. The summed E-state index contributed by atoms with van der Waals surface area (Å²) in [5.41, 5.74) is 5.75. The first-order valence-electron chi connectivity index (χ1n) is 8.41. The van der Waals surface area contributed by atoms with Crippen LogP contribution in [0.5, 0.6) is 5.75 Å². The van der Waals surface area contributed by atoms with E-state index in [9.17, 15) is 9.59 Å². The lowest BCUT2D eigenvalue weighted by Gasteiger charge is -2.32. The van der Waals surface area contributed by atoms with Gasteiger partial charge in [-0.1, -0.05) is 48.5 Å². The van der Waals surface area contributed by atoms with Crippen molar-refractivity contribution in [3.05, 3.63) is 66.2 Å². The van der Waals surface area contributed by atoms with Gasteiger partial charge in [-0.25, -0.2) is 10.2 Å². The van der Waals surface area contributed by atoms with Gasteiger partial charge in [0, 0.05) is 19.6 Å². The van der Waals surface area contributed by atoms with Crippen LogP contribution in [0.25, 0.3) is 0 Å². The summed E-state index contributed by atoms with van der Waals surface area (Å²) in [4.78, 5) is 26.1. The average Bonchev–Trinajstić information content (AvgIpc) is 2.68. The van der Waals surface area contributed by atoms with E-state index in [-0.39, 0.29) is 0 Å². The van der Waals surface area contributed by atoms with Gasteiger partial charge in [0.15, 0.2) is 6.10 Å². The highest BCUT2D eigenvalue weighted by atomic mass is 16.6. The number of ether oxygens (including phenoxy) is 2. The predicted octanol–water partition coefficient (Wildman–Crippen LogP) is 1.71. The molecule has 1 fully saturated rings. The van der Waals surface area contributed by atoms with E-state index in [1.54, 1.807) is 24.3 Å². The monoisotopic (exact) mass is 355 g/mol. The Kier molecular flexibility index (Phi) is 6.19. The molecule has 2 amide bonds. The van der Waals surface area contributed by atoms with Crippen molar-refractivity contribution in [3.8, 4) is 5.75 Å². The zero-order chi connectivity index (χ0) is 18.2. The van der Waals surface area contributed by atoms with Crippen LogP contribution in [0.2, 0.25) is 0 Å². The molecule has 1 unspecified atom stereocenters. The van der Waals surface area contributed by atoms with E-state index in [4.69, 9.17) is 9.47 Å². The standard InChI is InChI=1S/C19H21N3O4/c23-18(20-21-19(24)26-16-9-5-2-6-10-16)17-14-22(11-12-25-17)13-15-7-3-1-4-8-15/h1-10,17H,11-14H2,(H,20,23)(H,21,24). The molecule has 7 nitrogen and oxygen atoms in total. The molecule has 1 heterocycles. The lowest BCUT2D eigenvalue weighted by molar-refractivity contribution is -0.139. The van der Waals surface area contributed by atoms with Crippen molar-refractivity contribution in [3.63, 3.8) is 0 Å². The largest absolute Gasteiger partial charge is 0.431 e. The van der Waals surface area contributed by atoms with E-state index in [2.05, 4.69) is 15.8 Å². The number of morpholine rings is 1. The number of carbonyl (C=O) groups is 2. The second-order valence-electron chi connectivity index (χ2n) is 5.90. The SMILES string of the molecule is O=C(NNC(=O)C1CN(Cc2ccccc2)CCO1)Oc1ccccc1. The highest BCUT2D eigenvalue weighted by Gasteiger charge is 2.27. The zero-order valence-electron chi connectivity index (χ0n) is 14.3. The fourth-order valence-corrected chi connectivity index (χ4v) is 2.66. The minimum absolute atomic E-state index is 0.391. The Morgan fingerprint density at radius 3 is 2.46 bits per heavy atom. The molecule has 0 bridgehead atoms. The summed E-state index contributed by atoms with van der Waals surface area (Å²) in [5.74, 6) is -0.0185. The second kappa shape index (κ2) is 8.98. The van der Waals surface area contributed by atoms with E-state index in [0.717, 1.165) is 13.1 Å². The van der Waals surface area contributed by atoms with Crippen LogP contribution in [0.4, 0.5) is 4.79 Å². The van der Waals surface area contributed by atoms with E-state index in [1.807, 2.05) is 36.4 Å². The van der Waals surface area contributed by atoms with Crippen LogP contribution in [-0.4, -0.2) is 42.7 Å². The van der Waals surface area contributed by atoms with Gasteiger partial charge in [0.1, 0.15) is 5.75 Å². The quantitative estimate of drug-likeness (QED) is 0.816. The van der Waals surface area contributed by atoms with E-state index in [0.29, 0.717) is 18.9 Å². The third-order valence-electron chi connectivity index (χ3n) is 3.93. The van der Waals surface area contributed by atoms with Crippen molar-refractivity contribution in [1.29, 1.82) is 0 Å². The third kappa shape index (κ3) is 5.30. The molecule has 2 aromatic carbocycles. The Hall–Kier alpha value is -2.90. The predicted molar refractivity (Wildman–Crippen MR) is 95.2 cm³/mol. The van der Waals surface area contributed by atoms with Gasteiger partial charge in [-0.15, -0.1) is 0 Å². The first-order chi connectivity index (χ1) is 12.7. The van der Waals surface area contributed by atoms with Gasteiger partial charge in [0.2, 0.25) is 0 Å². The minimum Gasteiger partial charge on any atom is -0.409 e. The summed E-state index contributed by atoms with van der Waals surface area (Å²) in [6, 6.07) is 18.6. The highest BCUT2D eigenvalue weighted by molar-refractivity contribution is 5.83. The van der Waals surface area contributed by atoms with Gasteiger partial charge >= 0.3 is 6.09 Å². The van der Waals surface area contributed by atoms with Crippen LogP contribution < -0.4 is 15.6 Å². The van der Waals surface area contributed by atoms with E-state index < -0.39 is 18.1 Å². The maximum Gasteiger partial charge on any atom is 0.431 e. The van der Waals surface area contributed by atoms with Crippen LogP contribution in [-0.2, 0) is 16.1 Å². The minimum atomic E-state index is -0.762. The van der Waals surface area contributed by atoms with Crippen molar-refractivity contribution in [2.24, 2.45) is 0 Å². The summed E-state index contributed by atoms with van der Waals surface area (Å²) >= 11 is 0. The number of hydrazine groups is 1. The first-order valence-corrected chi connectivity index (χ1v) is 8.41. The molecule has 1 saturated heterocycles. The number of nitrogens with one attached hydrogen (secondary N) is 2. The summed E-state index contributed by atoms with van der Waals surface area (Å²) in [6.07, 6.45) is -1.41. The Morgan fingerprint density at radius 2 is 1.73 bits per heavy atom. The molecule has 136 valence electrons. The smallest absolute Gasteiger partial charge is 0.409 e. The molecule has 0 radical (unpaired) electrons. The lowest BCUT2D eigenvalue weighted by atomic mass is 10.2. The molecule has 0 aliphatic carbocycles. The molecular weight excluding hydrogens is 334 g/mol. The summed E-state index contributed by atoms with van der Waals surface area (Å²) < 4.78 is 10.5. The Balaban J connectivity index is 1.44. The Morgan fingerprint density at radius 1 is 1.04 bits per heavy atom. The highest BCUT2D eigenvalue weighted by Crippen LogP contribution is 2.11. The molecule has 0 spiro atoms. The molecule has 2 N–H and O–H groups in total. The molecule has 1 atom stereocenters. The molecule has 0 saturated carbocycles. The number of para-hydroxylation sites is 1. The molecule has 3 rings (SSSR count). The van der Waals surface area contributed by atoms with Crippen molar-refractivity contribution >= 4 is 12.0 Å². The Labute approximate surface area is 151 Å². The molecule has 2 aromatic rings. The van der Waals surface area contributed by atoms with Crippen LogP contribution in [0.3, 0.4) is 0 Å². The first kappa shape index (κ1) is 17.9. The van der Waals surface area contributed by atoms with Crippen molar-refractivity contribution < 1.29 is 19.1 Å². The van der Waals surface area contributed by atoms with E-state index in [1.165, 1.54) is 5.56 Å². The van der Waals surface area contributed by atoms with E-state index >= 15 is 0 Å². The number of hydrogen-bond donors (Lipinski definition) is 2. The maximum absolute atomic E-state index is 12.2. The third-order valence-corrected chi connectivity index (χ3v) is 3.93. The number of nitrogens with zero attached hydrogens (tertiary/aromatic N) is 1. The van der Waals surface area contributed by atoms with Gasteiger partial charge in [0.25, 0.3) is 5.91 Å². The fourth-order valence-electron chi connectivity index (χ4n) is 2.66. The van der Waals surface area contributed by atoms with Gasteiger partial charge in [-0.05, 0) is 17.7 Å². The number of hydrogen-bond acceptors (Lipinski definition) is 5. The fraction of sp³-hybridized carbons (Fsp3) is 0.263. The number of rotatable bonds is 4. The van der Waals surface area contributed by atoms with Gasteiger partial charge in [-0.2, -0.15) is 0 Å². The topological polar surface area (TPSA) is 79.9 Å². The van der Waals surface area contributed by atoms with Crippen LogP contribution in [0, 0.1) is 0 Å². The molecular formula is C19H21N3O4. The molecule has 0 aromatic heterocycles. The van der Waals surface area contributed by atoms with Crippen LogP contribution in [0.15, 0.2) is 60.7 Å². The molecule has 1 aliphatic rings. The summed E-state index contributed by atoms with van der Waals surface area (Å²) in [5, 5.41) is 0. The number of amides is 2. The van der Waals surface area contributed by atoms with Gasteiger partial charge in [-0.3, -0.25) is 15.1 Å². The normalized spacial score (nSPS) is 17.3. The van der Waals surface area contributed by atoms with Crippen molar-refractivity contribution in [2.45, 2.75) is 12.6 Å². The summed E-state index contributed by atoms with van der Waals surface area (Å²) in [6.45, 7) is 2.41. The molecule has 26 heavy (non-hydrogen) atoms. The van der Waals surface area contributed by atoms with Crippen LogP contribution >= 0.6 is 0 Å². The average molecular weight is 355 g/mol. The maximum atomic E-state index is 12.2. The molecule has 7 heteroatoms.